The second-order valence-corrected chi connectivity index (χ2v) is 17.0. The lowest BCUT2D eigenvalue weighted by molar-refractivity contribution is 0.480. The quantitative estimate of drug-likeness (QED) is 0.256. The largest absolute Gasteiger partial charge is 0.102 e. The van der Waals surface area contributed by atoms with Gasteiger partial charge in [-0.25, -0.2) is 0 Å². The molecule has 172 valence electrons. The SMILES string of the molecule is C=CC(CP(C1CCCCC1)C1CCCCC1)P(C1CCCCC1)C1CCCCC1. The molecule has 2 heteroatoms. The van der Waals surface area contributed by atoms with Crippen molar-refractivity contribution in [2.75, 3.05) is 6.16 Å². The Kier molecular flexibility index (Phi) is 10.1. The Bertz CT molecular complexity index is 443. The molecule has 0 aliphatic heterocycles. The third-order valence-electron chi connectivity index (χ3n) is 9.13. The molecule has 1 unspecified atom stereocenters. The molecule has 0 amide bonds. The van der Waals surface area contributed by atoms with Crippen LogP contribution in [0.25, 0.3) is 0 Å². The molecule has 30 heavy (non-hydrogen) atoms. The van der Waals surface area contributed by atoms with Crippen molar-refractivity contribution in [2.24, 2.45) is 0 Å². The highest BCUT2D eigenvalue weighted by Crippen LogP contribution is 2.64. The molecule has 4 rings (SSSR count). The molecule has 0 spiro atoms. The van der Waals surface area contributed by atoms with Crippen LogP contribution in [0.2, 0.25) is 0 Å². The normalized spacial score (nSPS) is 27.5. The first-order valence-electron chi connectivity index (χ1n) is 14.0. The molecule has 0 nitrogen and oxygen atoms in total. The molecule has 0 heterocycles. The second-order valence-electron chi connectivity index (χ2n) is 11.1. The zero-order valence-electron chi connectivity index (χ0n) is 19.9. The van der Waals surface area contributed by atoms with E-state index in [1.54, 1.807) is 57.5 Å². The highest BCUT2D eigenvalue weighted by Gasteiger charge is 2.39. The van der Waals surface area contributed by atoms with Crippen molar-refractivity contribution in [1.82, 2.24) is 0 Å². The summed E-state index contributed by atoms with van der Waals surface area (Å²) in [5.74, 6) is 0. The molecule has 0 bridgehead atoms. The summed E-state index contributed by atoms with van der Waals surface area (Å²) in [5.41, 5.74) is 5.33. The Hall–Kier alpha value is 0.600. The van der Waals surface area contributed by atoms with Gasteiger partial charge in [0.15, 0.2) is 0 Å². The first kappa shape index (κ1) is 23.7. The molecule has 0 radical (unpaired) electrons. The van der Waals surface area contributed by atoms with Crippen LogP contribution in [0.3, 0.4) is 0 Å². The summed E-state index contributed by atoms with van der Waals surface area (Å²) in [6, 6.07) is 0. The van der Waals surface area contributed by atoms with Gasteiger partial charge in [0, 0.05) is 5.66 Å². The highest BCUT2D eigenvalue weighted by molar-refractivity contribution is 7.64. The fourth-order valence-corrected chi connectivity index (χ4v) is 16.5. The standard InChI is InChI=1S/C28H50P2/c1-2-24(30(27-19-11-5-12-20-27)28-21-13-6-14-22-28)23-29(25-15-7-3-8-16-25)26-17-9-4-10-18-26/h2,24-28H,1,3-23H2. The summed E-state index contributed by atoms with van der Waals surface area (Å²) >= 11 is 0. The molecule has 4 aliphatic carbocycles. The van der Waals surface area contributed by atoms with Crippen molar-refractivity contribution >= 4 is 15.8 Å². The van der Waals surface area contributed by atoms with E-state index in [-0.39, 0.29) is 15.8 Å². The van der Waals surface area contributed by atoms with E-state index in [9.17, 15) is 0 Å². The average Bonchev–Trinajstić information content (AvgIpc) is 2.84. The lowest BCUT2D eigenvalue weighted by Gasteiger charge is -2.46. The fourth-order valence-electron chi connectivity index (χ4n) is 7.53. The maximum absolute atomic E-state index is 4.54. The van der Waals surface area contributed by atoms with Crippen molar-refractivity contribution in [3.8, 4) is 0 Å². The van der Waals surface area contributed by atoms with Crippen LogP contribution in [0, 0.1) is 0 Å². The van der Waals surface area contributed by atoms with E-state index < -0.39 is 0 Å². The van der Waals surface area contributed by atoms with Crippen LogP contribution < -0.4 is 0 Å². The molecule has 0 aromatic carbocycles. The van der Waals surface area contributed by atoms with E-state index in [0.717, 1.165) is 28.3 Å². The van der Waals surface area contributed by atoms with Crippen LogP contribution in [0.1, 0.15) is 128 Å². The summed E-state index contributed by atoms with van der Waals surface area (Å²) < 4.78 is 0. The molecule has 0 saturated heterocycles. The van der Waals surface area contributed by atoms with Crippen molar-refractivity contribution in [3.05, 3.63) is 12.7 Å². The topological polar surface area (TPSA) is 0 Å². The lowest BCUT2D eigenvalue weighted by Crippen LogP contribution is -2.30. The fraction of sp³-hybridized carbons (Fsp3) is 0.929. The first-order valence-corrected chi connectivity index (χ1v) is 17.2. The third kappa shape index (κ3) is 6.34. The van der Waals surface area contributed by atoms with Crippen molar-refractivity contribution < 1.29 is 0 Å². The number of allylic oxidation sites excluding steroid dienone is 1. The Morgan fingerprint density at radius 3 is 1.20 bits per heavy atom. The third-order valence-corrected chi connectivity index (χ3v) is 17.0. The van der Waals surface area contributed by atoms with E-state index in [0.29, 0.717) is 0 Å². The van der Waals surface area contributed by atoms with Gasteiger partial charge in [0.25, 0.3) is 0 Å². The van der Waals surface area contributed by atoms with Gasteiger partial charge in [0.2, 0.25) is 0 Å². The zero-order chi connectivity index (χ0) is 20.6. The lowest BCUT2D eigenvalue weighted by atomic mass is 9.99. The Morgan fingerprint density at radius 1 is 0.533 bits per heavy atom. The first-order chi connectivity index (χ1) is 14.9. The Morgan fingerprint density at radius 2 is 0.867 bits per heavy atom. The van der Waals surface area contributed by atoms with Crippen LogP contribution >= 0.6 is 15.8 Å². The van der Waals surface area contributed by atoms with Crippen LogP contribution in [0.15, 0.2) is 12.7 Å². The Labute approximate surface area is 191 Å². The molecule has 4 fully saturated rings. The number of hydrogen-bond acceptors (Lipinski definition) is 0. The summed E-state index contributed by atoms with van der Waals surface area (Å²) in [6.45, 7) is 4.54. The van der Waals surface area contributed by atoms with Gasteiger partial charge in [-0.3, -0.25) is 0 Å². The molecule has 4 aliphatic rings. The minimum Gasteiger partial charge on any atom is -0.102 e. The maximum Gasteiger partial charge on any atom is 0.00121 e. The number of hydrogen-bond donors (Lipinski definition) is 0. The van der Waals surface area contributed by atoms with Gasteiger partial charge >= 0.3 is 0 Å². The van der Waals surface area contributed by atoms with E-state index in [4.69, 9.17) is 0 Å². The van der Waals surface area contributed by atoms with E-state index in [1.165, 1.54) is 77.0 Å². The van der Waals surface area contributed by atoms with Gasteiger partial charge in [0.05, 0.1) is 0 Å². The maximum atomic E-state index is 4.54. The predicted octanol–water partition coefficient (Wildman–Crippen LogP) is 9.84. The van der Waals surface area contributed by atoms with Crippen LogP contribution in [0.4, 0.5) is 0 Å². The molecular weight excluding hydrogens is 398 g/mol. The van der Waals surface area contributed by atoms with Gasteiger partial charge < -0.3 is 0 Å². The molecule has 1 atom stereocenters. The van der Waals surface area contributed by atoms with Gasteiger partial charge in [-0.15, -0.1) is 6.58 Å². The second kappa shape index (κ2) is 12.7. The minimum absolute atomic E-state index is 0.163. The monoisotopic (exact) mass is 448 g/mol. The summed E-state index contributed by atoms with van der Waals surface area (Å²) in [5, 5.41) is 0. The molecular formula is C28H50P2. The van der Waals surface area contributed by atoms with E-state index in [1.807, 2.05) is 0 Å². The highest BCUT2D eigenvalue weighted by atomic mass is 31.1. The van der Waals surface area contributed by atoms with Crippen LogP contribution in [0.5, 0.6) is 0 Å². The molecule has 4 saturated carbocycles. The summed E-state index contributed by atoms with van der Waals surface area (Å²) in [4.78, 5) is 0. The molecule has 0 N–H and O–H groups in total. The van der Waals surface area contributed by atoms with E-state index in [2.05, 4.69) is 12.7 Å². The summed E-state index contributed by atoms with van der Waals surface area (Å²) in [7, 11) is 0.391. The molecule has 0 aromatic rings. The zero-order valence-corrected chi connectivity index (χ0v) is 21.7. The van der Waals surface area contributed by atoms with Crippen molar-refractivity contribution in [2.45, 2.75) is 157 Å². The van der Waals surface area contributed by atoms with Crippen LogP contribution in [-0.4, -0.2) is 34.5 Å². The molecule has 0 aromatic heterocycles. The summed E-state index contributed by atoms with van der Waals surface area (Å²) in [6.07, 6.45) is 35.1. The van der Waals surface area contributed by atoms with E-state index >= 15 is 0 Å². The predicted molar refractivity (Wildman–Crippen MR) is 140 cm³/mol. The van der Waals surface area contributed by atoms with Gasteiger partial charge in [-0.1, -0.05) is 99.0 Å². The number of rotatable bonds is 8. The van der Waals surface area contributed by atoms with Crippen molar-refractivity contribution in [3.63, 3.8) is 0 Å². The van der Waals surface area contributed by atoms with Crippen molar-refractivity contribution in [1.29, 1.82) is 0 Å². The van der Waals surface area contributed by atoms with Crippen LogP contribution in [-0.2, 0) is 0 Å². The smallest absolute Gasteiger partial charge is 0.00121 e. The van der Waals surface area contributed by atoms with Gasteiger partial charge in [-0.05, 0) is 80.2 Å². The van der Waals surface area contributed by atoms with Gasteiger partial charge in [-0.2, -0.15) is 0 Å². The minimum atomic E-state index is 0.163. The Balaban J connectivity index is 1.52. The average molecular weight is 449 g/mol. The van der Waals surface area contributed by atoms with Gasteiger partial charge in [0.1, 0.15) is 0 Å².